The van der Waals surface area contributed by atoms with Gasteiger partial charge in [-0.25, -0.2) is 0 Å². The van der Waals surface area contributed by atoms with Gasteiger partial charge in [-0.05, 0) is 18.9 Å². The zero-order chi connectivity index (χ0) is 12.1. The molecule has 0 aliphatic carbocycles. The minimum absolute atomic E-state index is 0.162. The molecule has 1 aromatic carbocycles. The largest absolute Gasteiger partial charge is 0.380 e. The van der Waals surface area contributed by atoms with E-state index < -0.39 is 0 Å². The Kier molecular flexibility index (Phi) is 4.15. The van der Waals surface area contributed by atoms with E-state index in [0.29, 0.717) is 6.10 Å². The number of ether oxygens (including phenoxy) is 1. The maximum absolute atomic E-state index is 5.38. The summed E-state index contributed by atoms with van der Waals surface area (Å²) in [7, 11) is 1.79. The van der Waals surface area contributed by atoms with Crippen molar-refractivity contribution in [3.63, 3.8) is 0 Å². The second-order valence-electron chi connectivity index (χ2n) is 5.09. The number of hydrogen-bond acceptors (Lipinski definition) is 3. The Hall–Kier alpha value is -0.900. The van der Waals surface area contributed by atoms with E-state index in [2.05, 4.69) is 41.8 Å². The first-order chi connectivity index (χ1) is 8.22. The monoisotopic (exact) mass is 234 g/mol. The highest BCUT2D eigenvalue weighted by molar-refractivity contribution is 5.14. The van der Waals surface area contributed by atoms with Crippen LogP contribution in [-0.2, 0) is 11.3 Å². The van der Waals surface area contributed by atoms with Crippen LogP contribution in [0.5, 0.6) is 0 Å². The minimum atomic E-state index is 0.162. The van der Waals surface area contributed by atoms with Gasteiger partial charge in [0.05, 0.1) is 6.10 Å². The van der Waals surface area contributed by atoms with Crippen LogP contribution < -0.4 is 10.6 Å². The van der Waals surface area contributed by atoms with Crippen molar-refractivity contribution in [1.29, 1.82) is 0 Å². The summed E-state index contributed by atoms with van der Waals surface area (Å²) in [6, 6.07) is 10.5. The SMILES string of the molecule is CO[C@@H]1CN[C@](C)(CNCc2ccccc2)C1. The highest BCUT2D eigenvalue weighted by Gasteiger charge is 2.34. The Balaban J connectivity index is 1.75. The fourth-order valence-corrected chi connectivity index (χ4v) is 2.39. The van der Waals surface area contributed by atoms with Gasteiger partial charge in [0.2, 0.25) is 0 Å². The maximum atomic E-state index is 5.38. The molecule has 2 rings (SSSR count). The fourth-order valence-electron chi connectivity index (χ4n) is 2.39. The van der Waals surface area contributed by atoms with Crippen LogP contribution in [0.2, 0.25) is 0 Å². The van der Waals surface area contributed by atoms with E-state index in [1.807, 2.05) is 6.07 Å². The molecule has 0 unspecified atom stereocenters. The fraction of sp³-hybridized carbons (Fsp3) is 0.571. The molecule has 2 atom stereocenters. The van der Waals surface area contributed by atoms with E-state index in [-0.39, 0.29) is 5.54 Å². The first-order valence-corrected chi connectivity index (χ1v) is 6.24. The Labute approximate surface area is 104 Å². The zero-order valence-corrected chi connectivity index (χ0v) is 10.7. The molecule has 1 saturated heterocycles. The standard InChI is InChI=1S/C14H22N2O/c1-14(8-13(17-2)10-16-14)11-15-9-12-6-4-3-5-7-12/h3-7,13,15-16H,8-11H2,1-2H3/t13-,14-/m0/s1. The summed E-state index contributed by atoms with van der Waals surface area (Å²) in [5.41, 5.74) is 1.49. The molecule has 1 aromatic rings. The molecule has 3 nitrogen and oxygen atoms in total. The summed E-state index contributed by atoms with van der Waals surface area (Å²) >= 11 is 0. The Morgan fingerprint density at radius 2 is 2.18 bits per heavy atom. The van der Waals surface area contributed by atoms with E-state index in [1.54, 1.807) is 7.11 Å². The first-order valence-electron chi connectivity index (χ1n) is 6.24. The summed E-state index contributed by atoms with van der Waals surface area (Å²) in [4.78, 5) is 0. The van der Waals surface area contributed by atoms with Crippen molar-refractivity contribution in [1.82, 2.24) is 10.6 Å². The Bertz CT molecular complexity index is 341. The van der Waals surface area contributed by atoms with Crippen molar-refractivity contribution in [2.24, 2.45) is 0 Å². The van der Waals surface area contributed by atoms with E-state index in [1.165, 1.54) is 5.56 Å². The summed E-state index contributed by atoms with van der Waals surface area (Å²) in [5, 5.41) is 7.04. The average Bonchev–Trinajstić information content (AvgIpc) is 2.73. The van der Waals surface area contributed by atoms with Crippen molar-refractivity contribution in [3.8, 4) is 0 Å². The highest BCUT2D eigenvalue weighted by Crippen LogP contribution is 2.20. The molecular formula is C14H22N2O. The maximum Gasteiger partial charge on any atom is 0.0713 e. The van der Waals surface area contributed by atoms with Crippen molar-refractivity contribution >= 4 is 0 Å². The van der Waals surface area contributed by atoms with Crippen LogP contribution in [0.3, 0.4) is 0 Å². The van der Waals surface area contributed by atoms with Crippen LogP contribution in [0.25, 0.3) is 0 Å². The third-order valence-electron chi connectivity index (χ3n) is 3.46. The van der Waals surface area contributed by atoms with E-state index in [9.17, 15) is 0 Å². The molecule has 94 valence electrons. The second kappa shape index (κ2) is 5.63. The molecule has 2 N–H and O–H groups in total. The third kappa shape index (κ3) is 3.53. The van der Waals surface area contributed by atoms with Crippen LogP contribution in [0.1, 0.15) is 18.9 Å². The lowest BCUT2D eigenvalue weighted by atomic mass is 9.99. The summed E-state index contributed by atoms with van der Waals surface area (Å²) in [6.07, 6.45) is 1.43. The van der Waals surface area contributed by atoms with Gasteiger partial charge in [0.25, 0.3) is 0 Å². The van der Waals surface area contributed by atoms with E-state index in [4.69, 9.17) is 4.74 Å². The average molecular weight is 234 g/mol. The lowest BCUT2D eigenvalue weighted by Crippen LogP contribution is -2.45. The van der Waals surface area contributed by atoms with Crippen molar-refractivity contribution in [3.05, 3.63) is 35.9 Å². The van der Waals surface area contributed by atoms with Gasteiger partial charge in [0.1, 0.15) is 0 Å². The van der Waals surface area contributed by atoms with Gasteiger partial charge in [-0.15, -0.1) is 0 Å². The molecule has 1 aliphatic heterocycles. The lowest BCUT2D eigenvalue weighted by Gasteiger charge is -2.25. The van der Waals surface area contributed by atoms with Crippen LogP contribution in [0.15, 0.2) is 30.3 Å². The van der Waals surface area contributed by atoms with Gasteiger partial charge >= 0.3 is 0 Å². The Morgan fingerprint density at radius 1 is 1.41 bits per heavy atom. The molecule has 0 saturated carbocycles. The predicted molar refractivity (Wildman–Crippen MR) is 70.0 cm³/mol. The van der Waals surface area contributed by atoms with Crippen molar-refractivity contribution in [2.75, 3.05) is 20.2 Å². The summed E-state index contributed by atoms with van der Waals surface area (Å²) in [5.74, 6) is 0. The molecular weight excluding hydrogens is 212 g/mol. The third-order valence-corrected chi connectivity index (χ3v) is 3.46. The zero-order valence-electron chi connectivity index (χ0n) is 10.7. The van der Waals surface area contributed by atoms with Gasteiger partial charge in [0.15, 0.2) is 0 Å². The molecule has 17 heavy (non-hydrogen) atoms. The highest BCUT2D eigenvalue weighted by atomic mass is 16.5. The van der Waals surface area contributed by atoms with Crippen molar-refractivity contribution < 1.29 is 4.74 Å². The number of nitrogens with one attached hydrogen (secondary N) is 2. The molecule has 0 spiro atoms. The number of rotatable bonds is 5. The topological polar surface area (TPSA) is 33.3 Å². The van der Waals surface area contributed by atoms with Crippen molar-refractivity contribution in [2.45, 2.75) is 31.5 Å². The molecule has 0 aromatic heterocycles. The van der Waals surface area contributed by atoms with Gasteiger partial charge in [-0.3, -0.25) is 0 Å². The van der Waals surface area contributed by atoms with Gasteiger partial charge in [-0.2, -0.15) is 0 Å². The molecule has 1 heterocycles. The smallest absolute Gasteiger partial charge is 0.0713 e. The first kappa shape index (κ1) is 12.6. The molecule has 3 heteroatoms. The Morgan fingerprint density at radius 3 is 2.82 bits per heavy atom. The number of benzene rings is 1. The molecule has 0 amide bonds. The molecule has 1 aliphatic rings. The molecule has 1 fully saturated rings. The second-order valence-corrected chi connectivity index (χ2v) is 5.09. The molecule has 0 radical (unpaired) electrons. The number of hydrogen-bond donors (Lipinski definition) is 2. The summed E-state index contributed by atoms with van der Waals surface area (Å²) < 4.78 is 5.38. The van der Waals surface area contributed by atoms with Gasteiger partial charge in [-0.1, -0.05) is 30.3 Å². The number of methoxy groups -OCH3 is 1. The van der Waals surface area contributed by atoms with E-state index in [0.717, 1.165) is 26.1 Å². The van der Waals surface area contributed by atoms with Crippen LogP contribution >= 0.6 is 0 Å². The normalized spacial score (nSPS) is 28.5. The quantitative estimate of drug-likeness (QED) is 0.811. The van der Waals surface area contributed by atoms with Gasteiger partial charge < -0.3 is 15.4 Å². The predicted octanol–water partition coefficient (Wildman–Crippen LogP) is 1.54. The summed E-state index contributed by atoms with van der Waals surface area (Å²) in [6.45, 7) is 5.11. The van der Waals surface area contributed by atoms with Crippen LogP contribution in [-0.4, -0.2) is 31.8 Å². The van der Waals surface area contributed by atoms with Crippen LogP contribution in [0.4, 0.5) is 0 Å². The van der Waals surface area contributed by atoms with Crippen LogP contribution in [0, 0.1) is 0 Å². The minimum Gasteiger partial charge on any atom is -0.380 e. The molecule has 0 bridgehead atoms. The lowest BCUT2D eigenvalue weighted by molar-refractivity contribution is 0.113. The van der Waals surface area contributed by atoms with E-state index >= 15 is 0 Å². The van der Waals surface area contributed by atoms with Gasteiger partial charge in [0, 0.05) is 32.3 Å².